The summed E-state index contributed by atoms with van der Waals surface area (Å²) in [6.45, 7) is 4.35. The van der Waals surface area contributed by atoms with Gasteiger partial charge in [0.05, 0.1) is 12.2 Å². The molecule has 0 aliphatic carbocycles. The van der Waals surface area contributed by atoms with Gasteiger partial charge < -0.3 is 15.4 Å². The molecule has 7 nitrogen and oxygen atoms in total. The van der Waals surface area contributed by atoms with Gasteiger partial charge in [-0.3, -0.25) is 4.79 Å². The molecule has 0 unspecified atom stereocenters. The number of ether oxygens (including phenoxy) is 1. The maximum Gasteiger partial charge on any atom is 0.338 e. The smallest absolute Gasteiger partial charge is 0.338 e. The number of anilines is 3. The van der Waals surface area contributed by atoms with E-state index in [-0.39, 0.29) is 11.9 Å². The number of pyridine rings is 1. The molecule has 0 spiro atoms. The van der Waals surface area contributed by atoms with Gasteiger partial charge in [0.15, 0.2) is 5.13 Å². The van der Waals surface area contributed by atoms with Crippen molar-refractivity contribution in [3.8, 4) is 0 Å². The van der Waals surface area contributed by atoms with Gasteiger partial charge in [0.25, 0.3) is 5.91 Å². The van der Waals surface area contributed by atoms with E-state index in [0.29, 0.717) is 34.5 Å². The van der Waals surface area contributed by atoms with E-state index in [1.165, 1.54) is 11.3 Å². The van der Waals surface area contributed by atoms with Gasteiger partial charge in [-0.25, -0.2) is 14.8 Å². The fraction of sp³-hybridized carbons (Fsp3) is 0.238. The first-order valence-electron chi connectivity index (χ1n) is 9.30. The number of nitrogens with one attached hydrogen (secondary N) is 2. The van der Waals surface area contributed by atoms with Crippen LogP contribution in [-0.2, 0) is 4.74 Å². The minimum Gasteiger partial charge on any atom is -0.462 e. The molecule has 150 valence electrons. The summed E-state index contributed by atoms with van der Waals surface area (Å²) in [7, 11) is 0. The number of thiazole rings is 1. The molecule has 1 aromatic carbocycles. The first-order valence-corrected chi connectivity index (χ1v) is 10.2. The number of rotatable bonds is 8. The minimum atomic E-state index is -0.365. The van der Waals surface area contributed by atoms with Crippen LogP contribution in [0.25, 0.3) is 0 Å². The standard InChI is InChI=1S/C21H22N4O3S/c1-3-4-12-28-20(27)15-8-10-16(11-9-15)23-19(26)17-13-29-21(24-17)25-18-7-5-6-14(2)22-18/h5-11,13H,3-4,12H2,1-2H3,(H,23,26)(H,22,24,25). The third-order valence-electron chi connectivity index (χ3n) is 3.97. The van der Waals surface area contributed by atoms with Crippen molar-refractivity contribution in [2.45, 2.75) is 26.7 Å². The zero-order chi connectivity index (χ0) is 20.6. The number of unbranched alkanes of at least 4 members (excludes halogenated alkanes) is 1. The van der Waals surface area contributed by atoms with Gasteiger partial charge in [0.2, 0.25) is 0 Å². The van der Waals surface area contributed by atoms with Crippen molar-refractivity contribution in [2.75, 3.05) is 17.2 Å². The van der Waals surface area contributed by atoms with Gasteiger partial charge in [-0.1, -0.05) is 19.4 Å². The van der Waals surface area contributed by atoms with Crippen LogP contribution >= 0.6 is 11.3 Å². The zero-order valence-corrected chi connectivity index (χ0v) is 17.1. The molecule has 0 saturated carbocycles. The van der Waals surface area contributed by atoms with Crippen molar-refractivity contribution in [3.05, 3.63) is 64.8 Å². The number of amides is 1. The van der Waals surface area contributed by atoms with Gasteiger partial charge >= 0.3 is 5.97 Å². The predicted molar refractivity (Wildman–Crippen MR) is 114 cm³/mol. The fourth-order valence-electron chi connectivity index (χ4n) is 2.43. The highest BCUT2D eigenvalue weighted by molar-refractivity contribution is 7.14. The van der Waals surface area contributed by atoms with Crippen molar-refractivity contribution in [1.82, 2.24) is 9.97 Å². The molecule has 3 rings (SSSR count). The van der Waals surface area contributed by atoms with Crippen LogP contribution < -0.4 is 10.6 Å². The molecule has 0 fully saturated rings. The predicted octanol–water partition coefficient (Wildman–Crippen LogP) is 4.80. The van der Waals surface area contributed by atoms with E-state index in [9.17, 15) is 9.59 Å². The molecule has 8 heteroatoms. The molecule has 0 atom stereocenters. The Morgan fingerprint density at radius 2 is 1.90 bits per heavy atom. The number of carbonyl (C=O) groups excluding carboxylic acids is 2. The van der Waals surface area contributed by atoms with Crippen molar-refractivity contribution in [2.24, 2.45) is 0 Å². The fourth-order valence-corrected chi connectivity index (χ4v) is 3.13. The molecule has 0 radical (unpaired) electrons. The van der Waals surface area contributed by atoms with Gasteiger partial charge in [-0.05, 0) is 49.7 Å². The van der Waals surface area contributed by atoms with Crippen molar-refractivity contribution in [1.29, 1.82) is 0 Å². The van der Waals surface area contributed by atoms with E-state index >= 15 is 0 Å². The number of hydrogen-bond donors (Lipinski definition) is 2. The van der Waals surface area contributed by atoms with Crippen LogP contribution in [0.3, 0.4) is 0 Å². The molecule has 0 aliphatic rings. The summed E-state index contributed by atoms with van der Waals surface area (Å²) >= 11 is 1.32. The van der Waals surface area contributed by atoms with Gasteiger partial charge in [0.1, 0.15) is 11.5 Å². The Kier molecular flexibility index (Phi) is 6.91. The first-order chi connectivity index (χ1) is 14.0. The number of hydrogen-bond acceptors (Lipinski definition) is 7. The molecular formula is C21H22N4O3S. The topological polar surface area (TPSA) is 93.2 Å². The molecule has 3 aromatic rings. The number of nitrogens with zero attached hydrogens (tertiary/aromatic N) is 2. The summed E-state index contributed by atoms with van der Waals surface area (Å²) in [5.41, 5.74) is 2.21. The van der Waals surface area contributed by atoms with Gasteiger partial charge in [0, 0.05) is 16.8 Å². The second-order valence-corrected chi connectivity index (χ2v) is 7.21. The van der Waals surface area contributed by atoms with E-state index in [1.54, 1.807) is 29.6 Å². The Balaban J connectivity index is 1.57. The van der Waals surface area contributed by atoms with Gasteiger partial charge in [-0.2, -0.15) is 0 Å². The van der Waals surface area contributed by atoms with Crippen LogP contribution in [-0.4, -0.2) is 28.5 Å². The first kappa shape index (κ1) is 20.5. The summed E-state index contributed by atoms with van der Waals surface area (Å²) < 4.78 is 5.17. The summed E-state index contributed by atoms with van der Waals surface area (Å²) in [6.07, 6.45) is 1.80. The molecule has 0 saturated heterocycles. The van der Waals surface area contributed by atoms with Crippen LogP contribution in [0.5, 0.6) is 0 Å². The minimum absolute atomic E-state index is 0.299. The molecule has 29 heavy (non-hydrogen) atoms. The molecule has 2 aromatic heterocycles. The van der Waals surface area contributed by atoms with Crippen LogP contribution in [0.2, 0.25) is 0 Å². The lowest BCUT2D eigenvalue weighted by Gasteiger charge is -2.06. The van der Waals surface area contributed by atoms with Crippen LogP contribution in [0, 0.1) is 6.92 Å². The lowest BCUT2D eigenvalue weighted by molar-refractivity contribution is 0.0499. The molecule has 2 heterocycles. The second-order valence-electron chi connectivity index (χ2n) is 6.35. The SMILES string of the molecule is CCCCOC(=O)c1ccc(NC(=O)c2csc(Nc3cccc(C)n3)n2)cc1. The number of aromatic nitrogens is 2. The third kappa shape index (κ3) is 5.86. The highest BCUT2D eigenvalue weighted by Gasteiger charge is 2.13. The molecule has 1 amide bonds. The average molecular weight is 410 g/mol. The molecular weight excluding hydrogens is 388 g/mol. The van der Waals surface area contributed by atoms with Crippen molar-refractivity contribution < 1.29 is 14.3 Å². The van der Waals surface area contributed by atoms with E-state index in [0.717, 1.165) is 18.5 Å². The largest absolute Gasteiger partial charge is 0.462 e. The number of aryl methyl sites for hydroxylation is 1. The number of benzene rings is 1. The molecule has 2 N–H and O–H groups in total. The second kappa shape index (κ2) is 9.79. The normalized spacial score (nSPS) is 10.4. The van der Waals surface area contributed by atoms with Crippen molar-refractivity contribution >= 4 is 39.9 Å². The molecule has 0 bridgehead atoms. The highest BCUT2D eigenvalue weighted by Crippen LogP contribution is 2.21. The quantitative estimate of drug-likeness (QED) is 0.409. The zero-order valence-electron chi connectivity index (χ0n) is 16.3. The van der Waals surface area contributed by atoms with Crippen LogP contribution in [0.15, 0.2) is 47.8 Å². The third-order valence-corrected chi connectivity index (χ3v) is 4.73. The van der Waals surface area contributed by atoms with Gasteiger partial charge in [-0.15, -0.1) is 11.3 Å². The Morgan fingerprint density at radius 1 is 1.10 bits per heavy atom. The Labute approximate surface area is 173 Å². The highest BCUT2D eigenvalue weighted by atomic mass is 32.1. The summed E-state index contributed by atoms with van der Waals surface area (Å²) in [5, 5.41) is 8.12. The van der Waals surface area contributed by atoms with Crippen molar-refractivity contribution in [3.63, 3.8) is 0 Å². The summed E-state index contributed by atoms with van der Waals surface area (Å²) in [6, 6.07) is 12.2. The Bertz CT molecular complexity index is 986. The summed E-state index contributed by atoms with van der Waals surface area (Å²) in [4.78, 5) is 33.0. The van der Waals surface area contributed by atoms with E-state index in [1.807, 2.05) is 32.0 Å². The molecule has 0 aliphatic heterocycles. The average Bonchev–Trinajstić information content (AvgIpc) is 3.17. The lowest BCUT2D eigenvalue weighted by atomic mass is 10.2. The monoisotopic (exact) mass is 410 g/mol. The number of carbonyl (C=O) groups is 2. The summed E-state index contributed by atoms with van der Waals surface area (Å²) in [5.74, 6) is -0.0196. The van der Waals surface area contributed by atoms with Crippen LogP contribution in [0.4, 0.5) is 16.6 Å². The number of esters is 1. The maximum absolute atomic E-state index is 12.4. The Hall–Kier alpha value is -3.26. The van der Waals surface area contributed by atoms with Crippen LogP contribution in [0.1, 0.15) is 46.3 Å². The van der Waals surface area contributed by atoms with E-state index in [4.69, 9.17) is 4.74 Å². The lowest BCUT2D eigenvalue weighted by Crippen LogP contribution is -2.13. The van der Waals surface area contributed by atoms with E-state index in [2.05, 4.69) is 20.6 Å². The maximum atomic E-state index is 12.4. The van der Waals surface area contributed by atoms with E-state index < -0.39 is 0 Å². The Morgan fingerprint density at radius 3 is 2.62 bits per heavy atom.